The first kappa shape index (κ1) is 13.6. The quantitative estimate of drug-likeness (QED) is 0.848. The third-order valence-electron chi connectivity index (χ3n) is 4.59. The van der Waals surface area contributed by atoms with E-state index in [0.717, 1.165) is 35.7 Å². The lowest BCUT2D eigenvalue weighted by molar-refractivity contribution is -0.0206. The minimum Gasteiger partial charge on any atom is -0.453 e. The van der Waals surface area contributed by atoms with Gasteiger partial charge in [0.05, 0.1) is 23.5 Å². The van der Waals surface area contributed by atoms with Gasteiger partial charge < -0.3 is 19.8 Å². The van der Waals surface area contributed by atoms with E-state index < -0.39 is 12.2 Å². The summed E-state index contributed by atoms with van der Waals surface area (Å²) in [6, 6.07) is 15.5. The van der Waals surface area contributed by atoms with Crippen LogP contribution in [0.3, 0.4) is 0 Å². The molecule has 2 N–H and O–H groups in total. The highest BCUT2D eigenvalue weighted by molar-refractivity contribution is 5.78. The highest BCUT2D eigenvalue weighted by Gasteiger charge is 2.38. The molecule has 2 aromatic carbocycles. The lowest BCUT2D eigenvalue weighted by atomic mass is 9.88. The number of hydrogen-bond donors (Lipinski definition) is 2. The molecule has 1 heterocycles. The van der Waals surface area contributed by atoms with E-state index in [1.807, 2.05) is 48.5 Å². The van der Waals surface area contributed by atoms with Gasteiger partial charge in [0.2, 0.25) is 0 Å². The normalized spacial score (nSPS) is 26.8. The molecule has 2 aromatic rings. The molecule has 114 valence electrons. The van der Waals surface area contributed by atoms with Gasteiger partial charge in [-0.3, -0.25) is 0 Å². The molecule has 0 saturated heterocycles. The molecule has 0 amide bonds. The molecule has 0 radical (unpaired) electrons. The van der Waals surface area contributed by atoms with Gasteiger partial charge in [-0.1, -0.05) is 24.3 Å². The Bertz CT molecular complexity index is 642. The molecule has 0 aromatic heterocycles. The minimum absolute atomic E-state index is 0.144. The number of ether oxygens (including phenoxy) is 1. The van der Waals surface area contributed by atoms with Gasteiger partial charge in [-0.05, 0) is 43.5 Å². The van der Waals surface area contributed by atoms with Crippen LogP contribution in [0.2, 0.25) is 0 Å². The maximum absolute atomic E-state index is 10.5. The third kappa shape index (κ3) is 2.07. The molecule has 1 unspecified atom stereocenters. The second-order valence-electron chi connectivity index (χ2n) is 5.96. The summed E-state index contributed by atoms with van der Waals surface area (Å²) in [4.78, 5) is 2.13. The van der Waals surface area contributed by atoms with Crippen molar-refractivity contribution in [2.75, 3.05) is 4.90 Å². The molecule has 22 heavy (non-hydrogen) atoms. The molecule has 2 aliphatic rings. The fraction of sp³-hybridized carbons (Fsp3) is 0.333. The van der Waals surface area contributed by atoms with E-state index in [2.05, 4.69) is 4.90 Å². The van der Waals surface area contributed by atoms with Crippen molar-refractivity contribution >= 4 is 11.4 Å². The summed E-state index contributed by atoms with van der Waals surface area (Å²) < 4.78 is 5.97. The Morgan fingerprint density at radius 1 is 0.864 bits per heavy atom. The van der Waals surface area contributed by atoms with Gasteiger partial charge in [-0.2, -0.15) is 0 Å². The monoisotopic (exact) mass is 297 g/mol. The highest BCUT2D eigenvalue weighted by Crippen LogP contribution is 2.48. The first-order valence-corrected chi connectivity index (χ1v) is 7.77. The first-order valence-electron chi connectivity index (χ1n) is 7.77. The van der Waals surface area contributed by atoms with Crippen LogP contribution in [0.1, 0.15) is 19.3 Å². The minimum atomic E-state index is -0.757. The summed E-state index contributed by atoms with van der Waals surface area (Å²) in [6.07, 6.45) is 0.991. The van der Waals surface area contributed by atoms with Crippen LogP contribution >= 0.6 is 0 Å². The number of para-hydroxylation sites is 4. The SMILES string of the molecule is OC1CCC[C@H](N2c3ccccc3Oc3ccccc32)[C@H]1O. The van der Waals surface area contributed by atoms with Gasteiger partial charge in [-0.15, -0.1) is 0 Å². The number of benzene rings is 2. The smallest absolute Gasteiger partial charge is 0.151 e. The second-order valence-corrected chi connectivity index (χ2v) is 5.96. The largest absolute Gasteiger partial charge is 0.453 e. The highest BCUT2D eigenvalue weighted by atomic mass is 16.5. The fourth-order valence-electron chi connectivity index (χ4n) is 3.51. The molecular weight excluding hydrogens is 278 g/mol. The van der Waals surface area contributed by atoms with Crippen molar-refractivity contribution in [2.24, 2.45) is 0 Å². The zero-order valence-electron chi connectivity index (χ0n) is 12.2. The van der Waals surface area contributed by atoms with Crippen LogP contribution < -0.4 is 9.64 Å². The average Bonchev–Trinajstić information content (AvgIpc) is 2.55. The van der Waals surface area contributed by atoms with E-state index in [0.29, 0.717) is 6.42 Å². The van der Waals surface area contributed by atoms with Gasteiger partial charge in [0.15, 0.2) is 11.5 Å². The number of nitrogens with zero attached hydrogens (tertiary/aromatic N) is 1. The first-order chi connectivity index (χ1) is 10.8. The Morgan fingerprint density at radius 3 is 2.09 bits per heavy atom. The van der Waals surface area contributed by atoms with Crippen LogP contribution in [-0.2, 0) is 0 Å². The lowest BCUT2D eigenvalue weighted by Gasteiger charge is -2.43. The van der Waals surface area contributed by atoms with Crippen molar-refractivity contribution in [3.8, 4) is 11.5 Å². The maximum atomic E-state index is 10.5. The number of aliphatic hydroxyl groups is 2. The zero-order chi connectivity index (χ0) is 15.1. The summed E-state index contributed by atoms with van der Waals surface area (Å²) in [5, 5.41) is 20.6. The third-order valence-corrected chi connectivity index (χ3v) is 4.59. The van der Waals surface area contributed by atoms with E-state index in [1.165, 1.54) is 0 Å². The van der Waals surface area contributed by atoms with Crippen molar-refractivity contribution in [3.63, 3.8) is 0 Å². The second kappa shape index (κ2) is 5.30. The molecule has 1 aliphatic heterocycles. The molecule has 1 fully saturated rings. The zero-order valence-corrected chi connectivity index (χ0v) is 12.2. The topological polar surface area (TPSA) is 52.9 Å². The molecule has 1 saturated carbocycles. The van der Waals surface area contributed by atoms with Crippen molar-refractivity contribution in [2.45, 2.75) is 37.5 Å². The van der Waals surface area contributed by atoms with Gasteiger partial charge in [0, 0.05) is 0 Å². The van der Waals surface area contributed by atoms with Gasteiger partial charge >= 0.3 is 0 Å². The van der Waals surface area contributed by atoms with Crippen LogP contribution in [0, 0.1) is 0 Å². The van der Waals surface area contributed by atoms with Crippen molar-refractivity contribution in [3.05, 3.63) is 48.5 Å². The van der Waals surface area contributed by atoms with Crippen LogP contribution in [0.25, 0.3) is 0 Å². The van der Waals surface area contributed by atoms with E-state index in [1.54, 1.807) is 0 Å². The summed E-state index contributed by atoms with van der Waals surface area (Å²) in [5.41, 5.74) is 1.89. The molecule has 0 spiro atoms. The molecule has 3 atom stereocenters. The van der Waals surface area contributed by atoms with Crippen molar-refractivity contribution < 1.29 is 14.9 Å². The molecule has 0 bridgehead atoms. The molecule has 1 aliphatic carbocycles. The van der Waals surface area contributed by atoms with Gasteiger partial charge in [0.1, 0.15) is 6.10 Å². The standard InChI is InChI=1S/C18H19NO3/c20-15-9-5-8-14(18(15)21)19-12-6-1-3-10-16(12)22-17-11-4-2-7-13(17)19/h1-4,6-7,10-11,14-15,18,20-21H,5,8-9H2/t14-,15?,18+/m0/s1. The predicted molar refractivity (Wildman–Crippen MR) is 84.7 cm³/mol. The number of rotatable bonds is 1. The molecular formula is C18H19NO3. The van der Waals surface area contributed by atoms with Crippen LogP contribution in [0.4, 0.5) is 11.4 Å². The lowest BCUT2D eigenvalue weighted by Crippen LogP contribution is -2.50. The van der Waals surface area contributed by atoms with E-state index in [-0.39, 0.29) is 6.04 Å². The Balaban J connectivity index is 1.84. The summed E-state index contributed by atoms with van der Waals surface area (Å²) in [6.45, 7) is 0. The van der Waals surface area contributed by atoms with E-state index >= 15 is 0 Å². The average molecular weight is 297 g/mol. The Labute approximate surface area is 129 Å². The summed E-state index contributed by atoms with van der Waals surface area (Å²) in [5.74, 6) is 1.57. The maximum Gasteiger partial charge on any atom is 0.151 e. The Hall–Kier alpha value is -2.04. The number of anilines is 2. The molecule has 4 rings (SSSR count). The number of aliphatic hydroxyl groups excluding tert-OH is 2. The van der Waals surface area contributed by atoms with Gasteiger partial charge in [0.25, 0.3) is 0 Å². The van der Waals surface area contributed by atoms with Crippen LogP contribution in [0.5, 0.6) is 11.5 Å². The van der Waals surface area contributed by atoms with E-state index in [4.69, 9.17) is 4.74 Å². The van der Waals surface area contributed by atoms with Crippen LogP contribution in [0.15, 0.2) is 48.5 Å². The van der Waals surface area contributed by atoms with Crippen molar-refractivity contribution in [1.82, 2.24) is 0 Å². The Kier molecular flexibility index (Phi) is 3.28. The van der Waals surface area contributed by atoms with Crippen molar-refractivity contribution in [1.29, 1.82) is 0 Å². The predicted octanol–water partition coefficient (Wildman–Crippen LogP) is 3.20. The van der Waals surface area contributed by atoms with E-state index in [9.17, 15) is 10.2 Å². The number of fused-ring (bicyclic) bond motifs is 2. The fourth-order valence-corrected chi connectivity index (χ4v) is 3.51. The molecule has 4 heteroatoms. The van der Waals surface area contributed by atoms with Gasteiger partial charge in [-0.25, -0.2) is 0 Å². The summed E-state index contributed by atoms with van der Waals surface area (Å²) >= 11 is 0. The van der Waals surface area contributed by atoms with Crippen LogP contribution in [-0.4, -0.2) is 28.5 Å². The number of hydrogen-bond acceptors (Lipinski definition) is 4. The Morgan fingerprint density at radius 2 is 1.45 bits per heavy atom. The summed E-state index contributed by atoms with van der Waals surface area (Å²) in [7, 11) is 0. The molecule has 4 nitrogen and oxygen atoms in total.